The van der Waals surface area contributed by atoms with Gasteiger partial charge in [-0.25, -0.2) is 14.7 Å². The number of hydrogen-bond acceptors (Lipinski definition) is 18. The number of rotatable bonds is 24. The van der Waals surface area contributed by atoms with Gasteiger partial charge in [0.15, 0.2) is 0 Å². The zero-order valence-corrected chi connectivity index (χ0v) is 40.5. The number of thiophene rings is 1. The first-order valence-electron chi connectivity index (χ1n) is 22.6. The second kappa shape index (κ2) is 24.5. The number of anilines is 4. The Morgan fingerprint density at radius 1 is 0.887 bits per heavy atom. The predicted octanol–water partition coefficient (Wildman–Crippen LogP) is 2.35. The molecule has 4 heterocycles. The highest BCUT2D eigenvalue weighted by molar-refractivity contribution is 7.17. The number of aromatic nitrogens is 6. The minimum absolute atomic E-state index is 0.0179. The van der Waals surface area contributed by atoms with E-state index in [9.17, 15) is 44.1 Å². The number of fused-ring (bicyclic) bond motifs is 1. The summed E-state index contributed by atoms with van der Waals surface area (Å²) < 4.78 is 0. The Morgan fingerprint density at radius 3 is 2.35 bits per heavy atom. The highest BCUT2D eigenvalue weighted by atomic mass is 35.5. The number of carbonyl (C=O) groups is 6. The summed E-state index contributed by atoms with van der Waals surface area (Å²) in [5.74, 6) is -4.01. The molecule has 1 aliphatic rings. The molecule has 2 aromatic carbocycles. The second-order valence-electron chi connectivity index (χ2n) is 16.9. The largest absolute Gasteiger partial charge is 0.480 e. The summed E-state index contributed by atoms with van der Waals surface area (Å²) >= 11 is 7.71. The maximum atomic E-state index is 13.5. The van der Waals surface area contributed by atoms with Crippen LogP contribution in [0.15, 0.2) is 54.6 Å². The number of tetrazole rings is 1. The lowest BCUT2D eigenvalue weighted by molar-refractivity contribution is -0.139. The van der Waals surface area contributed by atoms with E-state index in [0.717, 1.165) is 11.3 Å². The average molecular weight is 1020 g/mol. The number of halogens is 1. The van der Waals surface area contributed by atoms with Gasteiger partial charge in [-0.05, 0) is 97.9 Å². The van der Waals surface area contributed by atoms with Crippen molar-refractivity contribution in [2.45, 2.75) is 96.4 Å². The Hall–Kier alpha value is -7.32. The van der Waals surface area contributed by atoms with E-state index >= 15 is 0 Å². The van der Waals surface area contributed by atoms with E-state index in [-0.39, 0.29) is 83.5 Å². The molecule has 71 heavy (non-hydrogen) atoms. The minimum Gasteiger partial charge on any atom is -0.480 e. The van der Waals surface area contributed by atoms with Crippen LogP contribution in [0.5, 0.6) is 0 Å². The number of nitrogens with one attached hydrogen (secondary N) is 7. The molecule has 0 bridgehead atoms. The Morgan fingerprint density at radius 2 is 1.65 bits per heavy atom. The molecular formula is C45H56ClN15O9S. The van der Waals surface area contributed by atoms with Crippen molar-refractivity contribution in [1.82, 2.24) is 56.8 Å². The number of nitrogens with two attached hydrogens (primary N) is 2. The molecule has 3 aromatic heterocycles. The molecule has 1 aliphatic heterocycles. The van der Waals surface area contributed by atoms with Crippen LogP contribution in [0, 0.1) is 5.92 Å². The predicted molar refractivity (Wildman–Crippen MR) is 264 cm³/mol. The Labute approximate surface area is 415 Å². The second-order valence-corrected chi connectivity index (χ2v) is 18.4. The van der Waals surface area contributed by atoms with E-state index in [1.807, 2.05) is 0 Å². The number of unbranched alkanes of at least 4 members (excludes halogenated alkanes) is 2. The van der Waals surface area contributed by atoms with Crippen molar-refractivity contribution in [3.05, 3.63) is 75.6 Å². The third-order valence-corrected chi connectivity index (χ3v) is 12.8. The van der Waals surface area contributed by atoms with Gasteiger partial charge in [-0.2, -0.15) is 10.2 Å². The number of carboxylic acid groups (broad SMARTS) is 1. The normalized spacial score (nSPS) is 15.8. The van der Waals surface area contributed by atoms with E-state index in [2.05, 4.69) is 62.5 Å². The van der Waals surface area contributed by atoms with Gasteiger partial charge < -0.3 is 58.7 Å². The highest BCUT2D eigenvalue weighted by Gasteiger charge is 2.29. The third-order valence-electron chi connectivity index (χ3n) is 11.4. The van der Waals surface area contributed by atoms with Crippen LogP contribution in [0.25, 0.3) is 22.3 Å². The van der Waals surface area contributed by atoms with Crippen molar-refractivity contribution in [1.29, 1.82) is 0 Å². The van der Waals surface area contributed by atoms with Gasteiger partial charge in [-0.3, -0.25) is 24.0 Å². The number of amides is 5. The molecule has 0 fully saturated rings. The van der Waals surface area contributed by atoms with Gasteiger partial charge in [-0.1, -0.05) is 37.9 Å². The molecule has 5 amide bonds. The summed E-state index contributed by atoms with van der Waals surface area (Å²) in [6.45, 7) is 5.76. The number of carboxylic acids is 1. The van der Waals surface area contributed by atoms with E-state index in [1.165, 1.54) is 42.2 Å². The first kappa shape index (κ1) is 53.0. The lowest BCUT2D eigenvalue weighted by Crippen LogP contribution is -2.53. The number of aliphatic hydroxyl groups excluding tert-OH is 2. The molecule has 24 nitrogen and oxygen atoms in total. The number of aliphatic hydroxyl groups is 2. The third kappa shape index (κ3) is 14.2. The molecular weight excluding hydrogens is 962 g/mol. The zero-order chi connectivity index (χ0) is 51.4. The molecule has 0 saturated heterocycles. The molecule has 14 N–H and O–H groups in total. The summed E-state index contributed by atoms with van der Waals surface area (Å²) in [6, 6.07) is 7.84. The quantitative estimate of drug-likeness (QED) is 0.0312. The summed E-state index contributed by atoms with van der Waals surface area (Å²) in [7, 11) is 0. The molecule has 26 heteroatoms. The summed E-state index contributed by atoms with van der Waals surface area (Å²) in [5, 5.41) is 61.6. The van der Waals surface area contributed by atoms with Crippen molar-refractivity contribution in [2.24, 2.45) is 5.92 Å². The summed E-state index contributed by atoms with van der Waals surface area (Å²) in [5.41, 5.74) is 13.5. The van der Waals surface area contributed by atoms with Gasteiger partial charge in [0.1, 0.15) is 36.4 Å². The monoisotopic (exact) mass is 1020 g/mol. The number of aromatic amines is 1. The van der Waals surface area contributed by atoms with E-state index in [0.29, 0.717) is 52.3 Å². The van der Waals surface area contributed by atoms with Crippen molar-refractivity contribution in [3.63, 3.8) is 0 Å². The van der Waals surface area contributed by atoms with Crippen molar-refractivity contribution < 1.29 is 44.1 Å². The Kier molecular flexibility index (Phi) is 18.3. The van der Waals surface area contributed by atoms with Crippen LogP contribution in [0.1, 0.15) is 84.9 Å². The van der Waals surface area contributed by atoms with Crippen molar-refractivity contribution in [2.75, 3.05) is 35.2 Å². The van der Waals surface area contributed by atoms with Crippen molar-refractivity contribution in [3.8, 4) is 11.4 Å². The highest BCUT2D eigenvalue weighted by Crippen LogP contribution is 2.32. The minimum atomic E-state index is -1.27. The van der Waals surface area contributed by atoms with Gasteiger partial charge in [0, 0.05) is 37.3 Å². The lowest BCUT2D eigenvalue weighted by atomic mass is 10.0. The van der Waals surface area contributed by atoms with Gasteiger partial charge >= 0.3 is 5.97 Å². The first-order chi connectivity index (χ1) is 33.9. The number of nitrogen functional groups attached to an aromatic ring is 2. The maximum Gasteiger partial charge on any atom is 0.326 e. The zero-order valence-electron chi connectivity index (χ0n) is 38.9. The molecule has 6 rings (SSSR count). The fourth-order valence-corrected chi connectivity index (χ4v) is 8.64. The number of aliphatic carboxylic acids is 1. The molecule has 0 aliphatic carbocycles. The number of benzene rings is 2. The van der Waals surface area contributed by atoms with Crippen LogP contribution < -0.4 is 43.4 Å². The lowest BCUT2D eigenvalue weighted by Gasteiger charge is -2.24. The standard InChI is InChI=1S/C45H56ClN15O9S/c1-22(2)37(55-31(62)9-5-4-6-19-61-33(63)16-17-34(61)64)43(68)51-23(3)40(65)52-25-11-12-26(27(20-25)39-57-59-60-58-39)41(66)49-18-7-8-29(44(69)70)53-42(67)30-14-15-32(71-30)50-21-24-10-13-28-35(36(24)46)38(47)56-45(48)54-28/h10-17,20,22-23,29,33-34,37,50,63-64H,4-9,18-19,21H2,1-3H3,(H,49,66)(H,51,68)(H,52,65)(H,53,67)(H,55,62)(H,69,70)(H4,47,48,54,56)(H,57,58,59,60)/t23-,29-,33?,34?,37-/m0/s1. The average Bonchev–Trinajstić information content (AvgIpc) is 4.11. The van der Waals surface area contributed by atoms with Gasteiger partial charge in [0.2, 0.25) is 29.5 Å². The molecule has 5 atom stereocenters. The summed E-state index contributed by atoms with van der Waals surface area (Å²) in [4.78, 5) is 88.1. The van der Waals surface area contributed by atoms with Crippen LogP contribution in [0.2, 0.25) is 5.02 Å². The molecule has 0 saturated carbocycles. The van der Waals surface area contributed by atoms with Crippen LogP contribution >= 0.6 is 22.9 Å². The molecule has 2 unspecified atom stereocenters. The fourth-order valence-electron chi connectivity index (χ4n) is 7.52. The van der Waals surface area contributed by atoms with E-state index < -0.39 is 60.2 Å². The summed E-state index contributed by atoms with van der Waals surface area (Å²) in [6.07, 6.45) is 3.48. The number of carbonyl (C=O) groups excluding carboxylic acids is 5. The number of nitrogens with zero attached hydrogens (tertiary/aromatic N) is 6. The van der Waals surface area contributed by atoms with Crippen LogP contribution in [0.4, 0.5) is 22.5 Å². The maximum absolute atomic E-state index is 13.5. The molecule has 0 radical (unpaired) electrons. The topological polar surface area (TPSA) is 371 Å². The smallest absolute Gasteiger partial charge is 0.326 e. The van der Waals surface area contributed by atoms with Crippen LogP contribution in [-0.2, 0) is 25.7 Å². The van der Waals surface area contributed by atoms with E-state index in [1.54, 1.807) is 38.1 Å². The van der Waals surface area contributed by atoms with Crippen molar-refractivity contribution >= 4 is 91.8 Å². The molecule has 378 valence electrons. The SMILES string of the molecule is CC(C)[C@H](NC(=O)CCCCCN1C(O)C=CC1O)C(=O)N[C@@H](C)C(=O)Nc1ccc(C(=O)NCCC[C@H](NC(=O)c2ccc(NCc3ccc4nc(N)nc(N)c4c3Cl)s2)C(=O)O)c(-c2nn[nH]n2)c1. The first-order valence-corrected chi connectivity index (χ1v) is 23.8. The number of hydrogen-bond donors (Lipinski definition) is 12. The van der Waals surface area contributed by atoms with Gasteiger partial charge in [-0.15, -0.1) is 21.5 Å². The van der Waals surface area contributed by atoms with Crippen LogP contribution in [-0.4, -0.2) is 130 Å². The number of H-pyrrole nitrogens is 1. The Balaban J connectivity index is 0.960. The molecule has 5 aromatic rings. The van der Waals surface area contributed by atoms with Gasteiger partial charge in [0.05, 0.1) is 31.4 Å². The van der Waals surface area contributed by atoms with Gasteiger partial charge in [0.25, 0.3) is 11.8 Å². The van der Waals surface area contributed by atoms with Crippen LogP contribution in [0.3, 0.4) is 0 Å². The Bertz CT molecular complexity index is 2740. The fraction of sp³-hybridized carbons (Fsp3) is 0.400. The molecule has 0 spiro atoms. The van der Waals surface area contributed by atoms with E-state index in [4.69, 9.17) is 23.1 Å².